The molecule has 2 aliphatic rings. The van der Waals surface area contributed by atoms with E-state index in [0.29, 0.717) is 35.7 Å². The van der Waals surface area contributed by atoms with Gasteiger partial charge in [0.1, 0.15) is 0 Å². The molecule has 29 heavy (non-hydrogen) atoms. The predicted octanol–water partition coefficient (Wildman–Crippen LogP) is 3.62. The molecule has 8 heteroatoms. The lowest BCUT2D eigenvalue weighted by Crippen LogP contribution is -2.47. The minimum absolute atomic E-state index is 0.190. The molecule has 2 saturated heterocycles. The molecule has 0 aromatic heterocycles. The molecule has 0 aliphatic carbocycles. The van der Waals surface area contributed by atoms with Crippen molar-refractivity contribution in [2.24, 2.45) is 0 Å². The maximum atomic E-state index is 12.9. The second-order valence-electron chi connectivity index (χ2n) is 8.00. The number of carbonyl (C=O) groups excluding carboxylic acids is 1. The maximum Gasteiger partial charge on any atom is 0.252 e. The smallest absolute Gasteiger partial charge is 0.252 e. The summed E-state index contributed by atoms with van der Waals surface area (Å²) in [4.78, 5) is 15.5. The van der Waals surface area contributed by atoms with Crippen molar-refractivity contribution in [1.82, 2.24) is 14.5 Å². The van der Waals surface area contributed by atoms with Gasteiger partial charge < -0.3 is 5.32 Å². The van der Waals surface area contributed by atoms with Gasteiger partial charge in [0.15, 0.2) is 0 Å². The number of nitrogens with one attached hydrogen (secondary N) is 1. The first-order chi connectivity index (χ1) is 13.9. The molecule has 1 N–H and O–H groups in total. The number of halogens is 1. The van der Waals surface area contributed by atoms with E-state index >= 15 is 0 Å². The number of carbonyl (C=O) groups is 1. The number of piperidine rings is 1. The number of hydrogen-bond donors (Lipinski definition) is 1. The Bertz CT molecular complexity index is 809. The van der Waals surface area contributed by atoms with Gasteiger partial charge >= 0.3 is 0 Å². The summed E-state index contributed by atoms with van der Waals surface area (Å²) < 4.78 is 27.8. The summed E-state index contributed by atoms with van der Waals surface area (Å²) in [6.07, 6.45) is 7.62. The first-order valence-corrected chi connectivity index (χ1v) is 13.0. The van der Waals surface area contributed by atoms with Crippen LogP contribution < -0.4 is 5.32 Å². The molecule has 3 rings (SSSR count). The van der Waals surface area contributed by atoms with Gasteiger partial charge in [-0.15, -0.1) is 0 Å². The maximum absolute atomic E-state index is 12.9. The number of nitrogens with zero attached hydrogens (tertiary/aromatic N) is 2. The fourth-order valence-electron chi connectivity index (χ4n) is 4.17. The summed E-state index contributed by atoms with van der Waals surface area (Å²) in [5.74, 6) is -0.226. The monoisotopic (exact) mass is 485 g/mol. The summed E-state index contributed by atoms with van der Waals surface area (Å²) in [6.45, 7) is 6.06. The molecule has 2 aliphatic heterocycles. The summed E-state index contributed by atoms with van der Waals surface area (Å²) in [5, 5.41) is 3.05. The molecule has 0 radical (unpaired) electrons. The van der Waals surface area contributed by atoms with Crippen molar-refractivity contribution in [2.45, 2.75) is 62.8 Å². The van der Waals surface area contributed by atoms with Crippen molar-refractivity contribution in [2.75, 3.05) is 32.7 Å². The Hall–Kier alpha value is -0.960. The van der Waals surface area contributed by atoms with Gasteiger partial charge in [-0.1, -0.05) is 19.8 Å². The lowest BCUT2D eigenvalue weighted by molar-refractivity contribution is 0.0911. The minimum Gasteiger partial charge on any atom is -0.350 e. The van der Waals surface area contributed by atoms with E-state index in [1.165, 1.54) is 36.1 Å². The third-order valence-corrected chi connectivity index (χ3v) is 8.52. The van der Waals surface area contributed by atoms with Crippen LogP contribution in [0.3, 0.4) is 0 Å². The zero-order valence-corrected chi connectivity index (χ0v) is 19.6. The molecule has 1 unspecified atom stereocenters. The van der Waals surface area contributed by atoms with Crippen LogP contribution in [0, 0.1) is 0 Å². The van der Waals surface area contributed by atoms with Crippen LogP contribution >= 0.6 is 15.9 Å². The van der Waals surface area contributed by atoms with Crippen molar-refractivity contribution in [3.8, 4) is 0 Å². The highest BCUT2D eigenvalue weighted by Crippen LogP contribution is 2.26. The predicted molar refractivity (Wildman–Crippen MR) is 119 cm³/mol. The van der Waals surface area contributed by atoms with E-state index in [-0.39, 0.29) is 10.8 Å². The van der Waals surface area contributed by atoms with Gasteiger partial charge in [-0.05, 0) is 79.3 Å². The summed E-state index contributed by atoms with van der Waals surface area (Å²) >= 11 is 3.41. The molecule has 2 fully saturated rings. The first kappa shape index (κ1) is 22.7. The molecule has 162 valence electrons. The van der Waals surface area contributed by atoms with Crippen LogP contribution in [0.2, 0.25) is 0 Å². The van der Waals surface area contributed by atoms with E-state index in [4.69, 9.17) is 0 Å². The Morgan fingerprint density at radius 3 is 2.62 bits per heavy atom. The third kappa shape index (κ3) is 5.60. The van der Waals surface area contributed by atoms with E-state index in [2.05, 4.69) is 33.1 Å². The lowest BCUT2D eigenvalue weighted by Gasteiger charge is -2.35. The number of benzene rings is 1. The Labute approximate surface area is 183 Å². The number of amides is 1. The fraction of sp³-hybridized carbons (Fsp3) is 0.667. The van der Waals surface area contributed by atoms with E-state index < -0.39 is 10.0 Å². The van der Waals surface area contributed by atoms with E-state index in [9.17, 15) is 13.2 Å². The van der Waals surface area contributed by atoms with Crippen molar-refractivity contribution in [1.29, 1.82) is 0 Å². The average Bonchev–Trinajstić information content (AvgIpc) is 3.27. The van der Waals surface area contributed by atoms with Crippen LogP contribution in [0.4, 0.5) is 0 Å². The van der Waals surface area contributed by atoms with Crippen LogP contribution in [0.15, 0.2) is 27.6 Å². The zero-order valence-electron chi connectivity index (χ0n) is 17.2. The molecule has 1 aromatic carbocycles. The normalized spacial score (nSPS) is 21.4. The van der Waals surface area contributed by atoms with Gasteiger partial charge in [0, 0.05) is 30.1 Å². The van der Waals surface area contributed by atoms with Crippen molar-refractivity contribution >= 4 is 31.9 Å². The quantitative estimate of drug-likeness (QED) is 0.610. The van der Waals surface area contributed by atoms with Gasteiger partial charge in [0.2, 0.25) is 10.0 Å². The van der Waals surface area contributed by atoms with Gasteiger partial charge in [0.05, 0.1) is 10.5 Å². The van der Waals surface area contributed by atoms with Gasteiger partial charge in [-0.2, -0.15) is 4.31 Å². The Kier molecular flexibility index (Phi) is 8.13. The number of sulfonamides is 1. The largest absolute Gasteiger partial charge is 0.350 e. The molecule has 0 bridgehead atoms. The third-order valence-electron chi connectivity index (χ3n) is 5.93. The van der Waals surface area contributed by atoms with Crippen LogP contribution in [0.25, 0.3) is 0 Å². The standard InChI is InChI=1S/C21H32BrN3O3S/c1-2-3-11-24-12-5-4-8-17(24)16-23-21(26)19-15-18(9-10-20(19)22)29(27,28)25-13-6-7-14-25/h9-10,15,17H,2-8,11-14,16H2,1H3,(H,23,26). The second-order valence-corrected chi connectivity index (χ2v) is 10.8. The van der Waals surface area contributed by atoms with Crippen LogP contribution in [0.5, 0.6) is 0 Å². The van der Waals surface area contributed by atoms with E-state index in [1.54, 1.807) is 12.1 Å². The molecule has 1 atom stereocenters. The van der Waals surface area contributed by atoms with Gasteiger partial charge in [-0.25, -0.2) is 8.42 Å². The Morgan fingerprint density at radius 1 is 1.17 bits per heavy atom. The highest BCUT2D eigenvalue weighted by Gasteiger charge is 2.28. The van der Waals surface area contributed by atoms with Gasteiger partial charge in [0.25, 0.3) is 5.91 Å². The van der Waals surface area contributed by atoms with Gasteiger partial charge in [-0.3, -0.25) is 9.69 Å². The molecule has 1 aromatic rings. The number of likely N-dealkylation sites (tertiary alicyclic amines) is 1. The summed E-state index contributed by atoms with van der Waals surface area (Å²) in [5.41, 5.74) is 0.376. The number of rotatable bonds is 8. The van der Waals surface area contributed by atoms with E-state index in [1.807, 2.05) is 0 Å². The fourth-order valence-corrected chi connectivity index (χ4v) is 6.14. The van der Waals surface area contributed by atoms with Crippen molar-refractivity contribution in [3.63, 3.8) is 0 Å². The zero-order chi connectivity index (χ0) is 20.9. The number of hydrogen-bond acceptors (Lipinski definition) is 4. The number of unbranched alkanes of at least 4 members (excludes halogenated alkanes) is 1. The average molecular weight is 486 g/mol. The van der Waals surface area contributed by atoms with Crippen molar-refractivity contribution < 1.29 is 13.2 Å². The minimum atomic E-state index is -3.54. The van der Waals surface area contributed by atoms with Crippen LogP contribution in [-0.2, 0) is 10.0 Å². The highest BCUT2D eigenvalue weighted by molar-refractivity contribution is 9.10. The first-order valence-electron chi connectivity index (χ1n) is 10.8. The molecule has 0 spiro atoms. The topological polar surface area (TPSA) is 69.7 Å². The molecule has 0 saturated carbocycles. The second kappa shape index (κ2) is 10.4. The van der Waals surface area contributed by atoms with Crippen LogP contribution in [-0.4, -0.2) is 62.3 Å². The molecule has 6 nitrogen and oxygen atoms in total. The summed E-state index contributed by atoms with van der Waals surface area (Å²) in [7, 11) is -3.54. The summed E-state index contributed by atoms with van der Waals surface area (Å²) in [6, 6.07) is 5.09. The molecular weight excluding hydrogens is 454 g/mol. The highest BCUT2D eigenvalue weighted by atomic mass is 79.9. The lowest BCUT2D eigenvalue weighted by atomic mass is 10.0. The SMILES string of the molecule is CCCCN1CCCCC1CNC(=O)c1cc(S(=O)(=O)N2CCCC2)ccc1Br. The molecular formula is C21H32BrN3O3S. The Balaban J connectivity index is 1.68. The molecule has 2 heterocycles. The van der Waals surface area contributed by atoms with Crippen LogP contribution in [0.1, 0.15) is 62.2 Å². The molecule has 1 amide bonds. The van der Waals surface area contributed by atoms with E-state index in [0.717, 1.165) is 32.4 Å². The van der Waals surface area contributed by atoms with Crippen molar-refractivity contribution in [3.05, 3.63) is 28.2 Å². The Morgan fingerprint density at radius 2 is 1.90 bits per heavy atom.